The van der Waals surface area contributed by atoms with Crippen LogP contribution in [0.5, 0.6) is 0 Å². The second kappa shape index (κ2) is 6.17. The van der Waals surface area contributed by atoms with Gasteiger partial charge >= 0.3 is 0 Å². The lowest BCUT2D eigenvalue weighted by atomic mass is 9.98. The first-order valence-corrected chi connectivity index (χ1v) is 7.59. The number of aliphatic hydroxyl groups is 1. The Labute approximate surface area is 119 Å². The second-order valence-electron chi connectivity index (χ2n) is 4.45. The highest BCUT2D eigenvalue weighted by atomic mass is 79.9. The van der Waals surface area contributed by atoms with Crippen LogP contribution in [0.15, 0.2) is 38.8 Å². The molecule has 0 amide bonds. The molecule has 0 heterocycles. The van der Waals surface area contributed by atoms with Gasteiger partial charge in [0.25, 0.3) is 0 Å². The minimum atomic E-state index is -0.472. The smallest absolute Gasteiger partial charge is 0.101 e. The van der Waals surface area contributed by atoms with Gasteiger partial charge in [0.1, 0.15) is 6.10 Å². The third-order valence-corrected chi connectivity index (χ3v) is 4.40. The van der Waals surface area contributed by atoms with Crippen LogP contribution in [0.25, 0.3) is 0 Å². The van der Waals surface area contributed by atoms with E-state index in [9.17, 15) is 5.11 Å². The van der Waals surface area contributed by atoms with Crippen LogP contribution in [0, 0.1) is 0 Å². The van der Waals surface area contributed by atoms with Gasteiger partial charge in [0.05, 0.1) is 0 Å². The summed E-state index contributed by atoms with van der Waals surface area (Å²) in [5, 5.41) is 10.5. The molecule has 1 atom stereocenters. The van der Waals surface area contributed by atoms with E-state index in [0.29, 0.717) is 0 Å². The summed E-state index contributed by atoms with van der Waals surface area (Å²) in [5.41, 5.74) is 2.12. The van der Waals surface area contributed by atoms with E-state index < -0.39 is 6.10 Å². The van der Waals surface area contributed by atoms with Crippen LogP contribution in [0.4, 0.5) is 0 Å². The molecule has 0 radical (unpaired) electrons. The molecule has 1 nitrogen and oxygen atoms in total. The Bertz CT molecular complexity index is 426. The fraction of sp³-hybridized carbons (Fsp3) is 0.429. The molecule has 0 aromatic heterocycles. The lowest BCUT2D eigenvalue weighted by molar-refractivity contribution is 0.210. The topological polar surface area (TPSA) is 20.2 Å². The van der Waals surface area contributed by atoms with Gasteiger partial charge in [-0.15, -0.1) is 0 Å². The lowest BCUT2D eigenvalue weighted by Gasteiger charge is -2.16. The number of aliphatic hydroxyl groups excluding tert-OH is 1. The van der Waals surface area contributed by atoms with E-state index >= 15 is 0 Å². The molecule has 2 rings (SSSR count). The summed E-state index contributed by atoms with van der Waals surface area (Å²) >= 11 is 6.96. The largest absolute Gasteiger partial charge is 0.384 e. The number of allylic oxidation sites excluding steroid dienone is 1. The highest BCUT2D eigenvalue weighted by Crippen LogP contribution is 2.34. The predicted molar refractivity (Wildman–Crippen MR) is 78.0 cm³/mol. The fourth-order valence-electron chi connectivity index (χ4n) is 2.21. The van der Waals surface area contributed by atoms with Crippen molar-refractivity contribution >= 4 is 31.9 Å². The highest BCUT2D eigenvalue weighted by molar-refractivity contribution is 9.11. The van der Waals surface area contributed by atoms with Crippen LogP contribution >= 0.6 is 31.9 Å². The lowest BCUT2D eigenvalue weighted by Crippen LogP contribution is -2.02. The van der Waals surface area contributed by atoms with Crippen molar-refractivity contribution in [3.8, 4) is 0 Å². The van der Waals surface area contributed by atoms with Crippen LogP contribution in [-0.2, 0) is 0 Å². The molecule has 3 heteroatoms. The van der Waals surface area contributed by atoms with Gasteiger partial charge in [-0.2, -0.15) is 0 Å². The van der Waals surface area contributed by atoms with Crippen molar-refractivity contribution in [2.24, 2.45) is 0 Å². The third-order valence-electron chi connectivity index (χ3n) is 3.18. The quantitative estimate of drug-likeness (QED) is 0.725. The summed E-state index contributed by atoms with van der Waals surface area (Å²) in [4.78, 5) is 0. The highest BCUT2D eigenvalue weighted by Gasteiger charge is 2.17. The molecule has 17 heavy (non-hydrogen) atoms. The summed E-state index contributed by atoms with van der Waals surface area (Å²) < 4.78 is 1.97. The zero-order chi connectivity index (χ0) is 12.3. The van der Waals surface area contributed by atoms with Gasteiger partial charge < -0.3 is 5.11 Å². The van der Waals surface area contributed by atoms with Crippen LogP contribution in [-0.4, -0.2) is 5.11 Å². The molecule has 0 saturated heterocycles. The fourth-order valence-corrected chi connectivity index (χ4v) is 3.05. The van der Waals surface area contributed by atoms with Crippen molar-refractivity contribution in [1.29, 1.82) is 0 Å². The zero-order valence-corrected chi connectivity index (χ0v) is 12.8. The van der Waals surface area contributed by atoms with E-state index in [4.69, 9.17) is 0 Å². The molecule has 1 aromatic carbocycles. The van der Waals surface area contributed by atoms with Gasteiger partial charge in [-0.1, -0.05) is 44.4 Å². The van der Waals surface area contributed by atoms with Crippen LogP contribution in [0.3, 0.4) is 0 Å². The maximum atomic E-state index is 10.5. The molecule has 1 aliphatic rings. The molecule has 0 fully saturated rings. The van der Waals surface area contributed by atoms with E-state index in [1.807, 2.05) is 18.2 Å². The first-order chi connectivity index (χ1) is 8.18. The second-order valence-corrected chi connectivity index (χ2v) is 6.22. The SMILES string of the molecule is OC(C1=CCCCCC1)c1cc(Br)ccc1Br. The number of halogens is 2. The summed E-state index contributed by atoms with van der Waals surface area (Å²) in [6.45, 7) is 0. The zero-order valence-electron chi connectivity index (χ0n) is 9.63. The molecular formula is C14H16Br2O. The monoisotopic (exact) mass is 358 g/mol. The molecule has 1 unspecified atom stereocenters. The first-order valence-electron chi connectivity index (χ1n) is 6.00. The number of benzene rings is 1. The van der Waals surface area contributed by atoms with Crippen molar-refractivity contribution in [2.45, 2.75) is 38.2 Å². The molecule has 92 valence electrons. The van der Waals surface area contributed by atoms with Gasteiger partial charge in [0.15, 0.2) is 0 Å². The molecule has 0 spiro atoms. The third kappa shape index (κ3) is 3.43. The van der Waals surface area contributed by atoms with Crippen molar-refractivity contribution in [3.05, 3.63) is 44.4 Å². The van der Waals surface area contributed by atoms with Crippen LogP contribution in [0.1, 0.15) is 43.8 Å². The van der Waals surface area contributed by atoms with E-state index in [-0.39, 0.29) is 0 Å². The Kier molecular flexibility index (Phi) is 4.83. The maximum absolute atomic E-state index is 10.5. The van der Waals surface area contributed by atoms with Gasteiger partial charge in [-0.3, -0.25) is 0 Å². The average Bonchev–Trinajstić information content (AvgIpc) is 2.60. The van der Waals surface area contributed by atoms with Gasteiger partial charge in [0, 0.05) is 8.95 Å². The molecule has 0 bridgehead atoms. The summed E-state index contributed by atoms with van der Waals surface area (Å²) in [7, 11) is 0. The molecule has 0 aliphatic heterocycles. The number of hydrogen-bond acceptors (Lipinski definition) is 1. The molecule has 1 aromatic rings. The van der Waals surface area contributed by atoms with Crippen molar-refractivity contribution in [2.75, 3.05) is 0 Å². The summed E-state index contributed by atoms with van der Waals surface area (Å²) in [5.74, 6) is 0. The number of hydrogen-bond donors (Lipinski definition) is 1. The number of rotatable bonds is 2. The van der Waals surface area contributed by atoms with Crippen LogP contribution < -0.4 is 0 Å². The minimum Gasteiger partial charge on any atom is -0.384 e. The maximum Gasteiger partial charge on any atom is 0.101 e. The summed E-state index contributed by atoms with van der Waals surface area (Å²) in [6, 6.07) is 5.93. The predicted octanol–water partition coefficient (Wildman–Crippen LogP) is 5.14. The Morgan fingerprint density at radius 1 is 1.12 bits per heavy atom. The molecular weight excluding hydrogens is 344 g/mol. The normalized spacial score (nSPS) is 18.4. The Balaban J connectivity index is 2.26. The van der Waals surface area contributed by atoms with E-state index in [0.717, 1.165) is 27.4 Å². The van der Waals surface area contributed by atoms with E-state index in [1.165, 1.54) is 24.8 Å². The van der Waals surface area contributed by atoms with Crippen LogP contribution in [0.2, 0.25) is 0 Å². The molecule has 1 aliphatic carbocycles. The van der Waals surface area contributed by atoms with Gasteiger partial charge in [-0.05, 0) is 55.0 Å². The first kappa shape index (κ1) is 13.3. The standard InChI is InChI=1S/C14H16Br2O/c15-11-7-8-13(16)12(9-11)14(17)10-5-3-1-2-4-6-10/h5,7-9,14,17H,1-4,6H2. The Hall–Kier alpha value is -0.120. The van der Waals surface area contributed by atoms with E-state index in [2.05, 4.69) is 37.9 Å². The van der Waals surface area contributed by atoms with Crippen molar-refractivity contribution < 1.29 is 5.11 Å². The Morgan fingerprint density at radius 2 is 1.94 bits per heavy atom. The average molecular weight is 360 g/mol. The van der Waals surface area contributed by atoms with Crippen molar-refractivity contribution in [1.82, 2.24) is 0 Å². The molecule has 1 N–H and O–H groups in total. The Morgan fingerprint density at radius 3 is 2.76 bits per heavy atom. The molecule has 0 saturated carbocycles. The van der Waals surface area contributed by atoms with Gasteiger partial charge in [-0.25, -0.2) is 0 Å². The van der Waals surface area contributed by atoms with Crippen molar-refractivity contribution in [3.63, 3.8) is 0 Å². The minimum absolute atomic E-state index is 0.472. The summed E-state index contributed by atoms with van der Waals surface area (Å²) in [6.07, 6.45) is 7.56. The van der Waals surface area contributed by atoms with E-state index in [1.54, 1.807) is 0 Å². The van der Waals surface area contributed by atoms with Gasteiger partial charge in [0.2, 0.25) is 0 Å².